The number of rotatable bonds is 3. The van der Waals surface area contributed by atoms with Crippen molar-refractivity contribution < 1.29 is 18.3 Å². The van der Waals surface area contributed by atoms with Crippen LogP contribution in [0.15, 0.2) is 29.2 Å². The molecule has 0 aliphatic carbocycles. The van der Waals surface area contributed by atoms with Gasteiger partial charge in [0.1, 0.15) is 6.04 Å². The molecule has 0 bridgehead atoms. The van der Waals surface area contributed by atoms with Crippen LogP contribution in [0, 0.1) is 6.07 Å². The molecule has 2 rings (SSSR count). The van der Waals surface area contributed by atoms with Gasteiger partial charge in [0, 0.05) is 6.54 Å². The molecule has 1 radical (unpaired) electrons. The van der Waals surface area contributed by atoms with Crippen LogP contribution in [-0.2, 0) is 14.8 Å². The Morgan fingerprint density at radius 3 is 2.65 bits per heavy atom. The van der Waals surface area contributed by atoms with E-state index < -0.39 is 22.0 Å². The molecule has 1 heterocycles. The monoisotopic (exact) mass is 254 g/mol. The molecule has 0 aromatic heterocycles. The van der Waals surface area contributed by atoms with E-state index in [0.717, 1.165) is 4.31 Å². The summed E-state index contributed by atoms with van der Waals surface area (Å²) in [6, 6.07) is 7.63. The number of nitrogens with zero attached hydrogens (tertiary/aromatic N) is 1. The molecule has 5 nitrogen and oxygen atoms in total. The summed E-state index contributed by atoms with van der Waals surface area (Å²) in [5, 5.41) is 8.98. The number of carboxylic acids is 1. The smallest absolute Gasteiger partial charge is 0.322 e. The van der Waals surface area contributed by atoms with Gasteiger partial charge in [0.2, 0.25) is 10.0 Å². The zero-order valence-corrected chi connectivity index (χ0v) is 9.85. The van der Waals surface area contributed by atoms with E-state index in [1.165, 1.54) is 24.3 Å². The molecule has 1 aliphatic heterocycles. The Bertz CT molecular complexity index is 512. The van der Waals surface area contributed by atoms with Crippen molar-refractivity contribution in [1.29, 1.82) is 0 Å². The average Bonchev–Trinajstić information content (AvgIpc) is 2.80. The lowest BCUT2D eigenvalue weighted by Gasteiger charge is -2.20. The van der Waals surface area contributed by atoms with Gasteiger partial charge >= 0.3 is 5.97 Å². The number of sulfonamides is 1. The third-order valence-electron chi connectivity index (χ3n) is 2.78. The second kappa shape index (κ2) is 4.46. The maximum atomic E-state index is 12.2. The Hall–Kier alpha value is -1.40. The van der Waals surface area contributed by atoms with Crippen molar-refractivity contribution in [2.75, 3.05) is 6.54 Å². The molecule has 1 saturated heterocycles. The van der Waals surface area contributed by atoms with E-state index in [0.29, 0.717) is 12.8 Å². The summed E-state index contributed by atoms with van der Waals surface area (Å²) in [4.78, 5) is 11.1. The summed E-state index contributed by atoms with van der Waals surface area (Å²) in [7, 11) is -3.70. The Morgan fingerprint density at radius 2 is 2.06 bits per heavy atom. The van der Waals surface area contributed by atoms with Crippen LogP contribution >= 0.6 is 0 Å². The van der Waals surface area contributed by atoms with E-state index in [2.05, 4.69) is 6.07 Å². The van der Waals surface area contributed by atoms with Gasteiger partial charge in [-0.05, 0) is 31.0 Å². The van der Waals surface area contributed by atoms with Gasteiger partial charge in [-0.2, -0.15) is 4.31 Å². The fourth-order valence-corrected chi connectivity index (χ4v) is 3.60. The Morgan fingerprint density at radius 1 is 1.41 bits per heavy atom. The fourth-order valence-electron chi connectivity index (χ4n) is 1.95. The Labute approximate surface area is 99.7 Å². The van der Waals surface area contributed by atoms with Gasteiger partial charge in [0.05, 0.1) is 4.90 Å². The second-order valence-electron chi connectivity index (χ2n) is 3.85. The van der Waals surface area contributed by atoms with Crippen molar-refractivity contribution in [3.8, 4) is 0 Å². The van der Waals surface area contributed by atoms with Crippen LogP contribution in [0.4, 0.5) is 0 Å². The minimum Gasteiger partial charge on any atom is -0.480 e. The normalized spacial score (nSPS) is 21.5. The molecule has 1 fully saturated rings. The topological polar surface area (TPSA) is 74.7 Å². The molecule has 1 atom stereocenters. The highest BCUT2D eigenvalue weighted by atomic mass is 32.2. The van der Waals surface area contributed by atoms with E-state index >= 15 is 0 Å². The molecule has 17 heavy (non-hydrogen) atoms. The number of hydrogen-bond acceptors (Lipinski definition) is 3. The number of carbonyl (C=O) groups is 1. The zero-order valence-electron chi connectivity index (χ0n) is 9.04. The first-order valence-electron chi connectivity index (χ1n) is 5.24. The van der Waals surface area contributed by atoms with Crippen LogP contribution in [0.5, 0.6) is 0 Å². The highest BCUT2D eigenvalue weighted by Crippen LogP contribution is 2.25. The third kappa shape index (κ3) is 2.18. The predicted molar refractivity (Wildman–Crippen MR) is 59.8 cm³/mol. The summed E-state index contributed by atoms with van der Waals surface area (Å²) in [6.45, 7) is 0.262. The highest BCUT2D eigenvalue weighted by Gasteiger charge is 2.39. The van der Waals surface area contributed by atoms with Gasteiger partial charge in [-0.1, -0.05) is 12.1 Å². The summed E-state index contributed by atoms with van der Waals surface area (Å²) < 4.78 is 25.5. The van der Waals surface area contributed by atoms with Crippen molar-refractivity contribution >= 4 is 16.0 Å². The van der Waals surface area contributed by atoms with Gasteiger partial charge in [0.25, 0.3) is 0 Å². The van der Waals surface area contributed by atoms with Crippen LogP contribution in [0.2, 0.25) is 0 Å². The largest absolute Gasteiger partial charge is 0.480 e. The van der Waals surface area contributed by atoms with E-state index in [-0.39, 0.29) is 11.4 Å². The standard InChI is InChI=1S/C11H12NO4S/c13-11(14)10-7-4-8-12(10)17(15,16)9-5-2-1-3-6-9/h2-3,5-6,10H,4,7-8H2,(H,13,14). The Balaban J connectivity index is 2.37. The molecule has 1 aromatic carbocycles. The molecule has 91 valence electrons. The molecular formula is C11H12NO4S. The molecule has 6 heteroatoms. The average molecular weight is 254 g/mol. The number of hydrogen-bond donors (Lipinski definition) is 1. The van der Waals surface area contributed by atoms with Crippen LogP contribution in [0.25, 0.3) is 0 Å². The maximum absolute atomic E-state index is 12.2. The van der Waals surface area contributed by atoms with Gasteiger partial charge in [-0.25, -0.2) is 8.42 Å². The minimum atomic E-state index is -3.70. The fraction of sp³-hybridized carbons (Fsp3) is 0.364. The lowest BCUT2D eigenvalue weighted by atomic mass is 10.2. The summed E-state index contributed by atoms with van der Waals surface area (Å²) in [6.07, 6.45) is 0.947. The van der Waals surface area contributed by atoms with Gasteiger partial charge in [-0.3, -0.25) is 4.79 Å². The van der Waals surface area contributed by atoms with Gasteiger partial charge in [-0.15, -0.1) is 0 Å². The highest BCUT2D eigenvalue weighted by molar-refractivity contribution is 7.89. The molecule has 0 saturated carbocycles. The molecule has 0 spiro atoms. The Kier molecular flexibility index (Phi) is 3.17. The van der Waals surface area contributed by atoms with Gasteiger partial charge in [0.15, 0.2) is 0 Å². The van der Waals surface area contributed by atoms with Crippen molar-refractivity contribution in [3.05, 3.63) is 30.3 Å². The van der Waals surface area contributed by atoms with E-state index in [1.54, 1.807) is 0 Å². The third-order valence-corrected chi connectivity index (χ3v) is 4.71. The van der Waals surface area contributed by atoms with Crippen molar-refractivity contribution in [3.63, 3.8) is 0 Å². The first kappa shape index (κ1) is 12.1. The molecule has 0 amide bonds. The van der Waals surface area contributed by atoms with Crippen LogP contribution in [0.3, 0.4) is 0 Å². The SMILES string of the molecule is O=C(O)C1CCCN1S(=O)(=O)c1cc[c]cc1. The molecular weight excluding hydrogens is 242 g/mol. The van der Waals surface area contributed by atoms with Crippen molar-refractivity contribution in [2.45, 2.75) is 23.8 Å². The first-order valence-corrected chi connectivity index (χ1v) is 6.68. The lowest BCUT2D eigenvalue weighted by Crippen LogP contribution is -2.40. The summed E-state index contributed by atoms with van der Waals surface area (Å²) in [5.74, 6) is -1.09. The van der Waals surface area contributed by atoms with Crippen molar-refractivity contribution in [2.24, 2.45) is 0 Å². The molecule has 1 aliphatic rings. The predicted octanol–water partition coefficient (Wildman–Crippen LogP) is 0.724. The van der Waals surface area contributed by atoms with Crippen LogP contribution < -0.4 is 0 Å². The quantitative estimate of drug-likeness (QED) is 0.862. The number of aliphatic carboxylic acids is 1. The van der Waals surface area contributed by atoms with Crippen molar-refractivity contribution in [1.82, 2.24) is 4.31 Å². The minimum absolute atomic E-state index is 0.115. The van der Waals surface area contributed by atoms with Crippen LogP contribution in [0.1, 0.15) is 12.8 Å². The van der Waals surface area contributed by atoms with Gasteiger partial charge < -0.3 is 5.11 Å². The van der Waals surface area contributed by atoms with E-state index in [9.17, 15) is 13.2 Å². The second-order valence-corrected chi connectivity index (χ2v) is 5.74. The lowest BCUT2D eigenvalue weighted by molar-refractivity contribution is -0.140. The molecule has 1 N–H and O–H groups in total. The summed E-state index contributed by atoms with van der Waals surface area (Å²) in [5.41, 5.74) is 0. The molecule has 1 unspecified atom stereocenters. The summed E-state index contributed by atoms with van der Waals surface area (Å²) >= 11 is 0. The first-order chi connectivity index (χ1) is 8.03. The number of benzene rings is 1. The maximum Gasteiger partial charge on any atom is 0.322 e. The zero-order chi connectivity index (χ0) is 12.5. The van der Waals surface area contributed by atoms with Crippen LogP contribution in [-0.4, -0.2) is 36.4 Å². The van der Waals surface area contributed by atoms with E-state index in [1.807, 2.05) is 0 Å². The van der Waals surface area contributed by atoms with E-state index in [4.69, 9.17) is 5.11 Å². The number of carboxylic acid groups (broad SMARTS) is 1. The molecule has 1 aromatic rings.